The Balaban J connectivity index is 1.80. The topological polar surface area (TPSA) is 0 Å². The zero-order valence-corrected chi connectivity index (χ0v) is 18.2. The lowest BCUT2D eigenvalue weighted by atomic mass is 9.89. The molecule has 0 N–H and O–H groups in total. The number of aryl methyl sites for hydroxylation is 1. The van der Waals surface area contributed by atoms with E-state index in [1.54, 1.807) is 0 Å². The molecule has 4 aromatic rings. The van der Waals surface area contributed by atoms with Gasteiger partial charge in [0.1, 0.15) is 0 Å². The van der Waals surface area contributed by atoms with Crippen LogP contribution in [0.2, 0.25) is 0 Å². The van der Waals surface area contributed by atoms with Gasteiger partial charge in [-0.2, -0.15) is 0 Å². The Bertz CT molecular complexity index is 1120. The molecule has 0 aliphatic rings. The van der Waals surface area contributed by atoms with E-state index in [4.69, 9.17) is 0 Å². The summed E-state index contributed by atoms with van der Waals surface area (Å²) in [5.41, 5.74) is 10.6. The molecule has 1 unspecified atom stereocenters. The van der Waals surface area contributed by atoms with Crippen LogP contribution in [-0.4, -0.2) is 0 Å². The van der Waals surface area contributed by atoms with Crippen molar-refractivity contribution in [2.75, 3.05) is 0 Å². The second-order valence-electron chi connectivity index (χ2n) is 8.34. The number of benzene rings is 4. The SMILES string of the molecule is CCC(C)c1cccc(-c2ccc(-c3cccc(C)c3)c(Cc3ccccc3)c2)c1. The number of rotatable bonds is 6. The van der Waals surface area contributed by atoms with Gasteiger partial charge in [0.25, 0.3) is 0 Å². The lowest BCUT2D eigenvalue weighted by Gasteiger charge is -2.15. The highest BCUT2D eigenvalue weighted by Gasteiger charge is 2.10. The summed E-state index contributed by atoms with van der Waals surface area (Å²) in [6.07, 6.45) is 2.10. The van der Waals surface area contributed by atoms with Gasteiger partial charge in [-0.3, -0.25) is 0 Å². The second kappa shape index (κ2) is 9.13. The average molecular weight is 391 g/mol. The van der Waals surface area contributed by atoms with Crippen LogP contribution in [0.15, 0.2) is 97.1 Å². The third kappa shape index (κ3) is 4.54. The predicted octanol–water partition coefficient (Wildman–Crippen LogP) is 8.43. The standard InChI is InChI=1S/C30H30/c1-4-23(3)25-13-9-14-26(20-25)27-16-17-30(28-15-8-10-22(2)18-28)29(21-27)19-24-11-6-5-7-12-24/h5-18,20-21,23H,4,19H2,1-3H3. The van der Waals surface area contributed by atoms with Gasteiger partial charge in [-0.25, -0.2) is 0 Å². The second-order valence-corrected chi connectivity index (χ2v) is 8.34. The van der Waals surface area contributed by atoms with Crippen LogP contribution < -0.4 is 0 Å². The number of hydrogen-bond donors (Lipinski definition) is 0. The van der Waals surface area contributed by atoms with E-state index in [9.17, 15) is 0 Å². The summed E-state index contributed by atoms with van der Waals surface area (Å²) >= 11 is 0. The fourth-order valence-corrected chi connectivity index (χ4v) is 4.09. The summed E-state index contributed by atoms with van der Waals surface area (Å²) in [6, 6.07) is 35.6. The summed E-state index contributed by atoms with van der Waals surface area (Å²) in [7, 11) is 0. The Morgan fingerprint density at radius 2 is 1.40 bits per heavy atom. The van der Waals surface area contributed by atoms with Crippen molar-refractivity contribution in [2.45, 2.75) is 39.5 Å². The molecule has 0 saturated heterocycles. The highest BCUT2D eigenvalue weighted by molar-refractivity contribution is 5.75. The Morgan fingerprint density at radius 3 is 2.17 bits per heavy atom. The predicted molar refractivity (Wildman–Crippen MR) is 130 cm³/mol. The smallest absolute Gasteiger partial charge is 0.00194 e. The third-order valence-corrected chi connectivity index (χ3v) is 6.07. The largest absolute Gasteiger partial charge is 0.0648 e. The maximum atomic E-state index is 2.39. The lowest BCUT2D eigenvalue weighted by molar-refractivity contribution is 0.734. The molecule has 4 aromatic carbocycles. The molecular formula is C30H30. The molecule has 0 aliphatic heterocycles. The number of hydrogen-bond acceptors (Lipinski definition) is 0. The van der Waals surface area contributed by atoms with Crippen LogP contribution in [0.1, 0.15) is 48.4 Å². The summed E-state index contributed by atoms with van der Waals surface area (Å²) in [4.78, 5) is 0. The van der Waals surface area contributed by atoms with E-state index in [-0.39, 0.29) is 0 Å². The molecule has 0 fully saturated rings. The van der Waals surface area contributed by atoms with Crippen LogP contribution in [0.3, 0.4) is 0 Å². The third-order valence-electron chi connectivity index (χ3n) is 6.07. The molecule has 4 rings (SSSR count). The van der Waals surface area contributed by atoms with E-state index in [2.05, 4.69) is 118 Å². The molecule has 0 spiro atoms. The molecule has 30 heavy (non-hydrogen) atoms. The van der Waals surface area contributed by atoms with E-state index < -0.39 is 0 Å². The first-order valence-corrected chi connectivity index (χ1v) is 11.0. The fraction of sp³-hybridized carbons (Fsp3) is 0.200. The summed E-state index contributed by atoms with van der Waals surface area (Å²) < 4.78 is 0. The quantitative estimate of drug-likeness (QED) is 0.310. The van der Waals surface area contributed by atoms with Gasteiger partial charge < -0.3 is 0 Å². The fourth-order valence-electron chi connectivity index (χ4n) is 4.09. The van der Waals surface area contributed by atoms with Gasteiger partial charge in [0, 0.05) is 0 Å². The molecule has 0 bridgehead atoms. The van der Waals surface area contributed by atoms with Crippen LogP contribution in [-0.2, 0) is 6.42 Å². The van der Waals surface area contributed by atoms with Crippen LogP contribution >= 0.6 is 0 Å². The Hall–Kier alpha value is -3.12. The normalized spacial score (nSPS) is 12.0. The molecule has 0 nitrogen and oxygen atoms in total. The monoisotopic (exact) mass is 390 g/mol. The first-order chi connectivity index (χ1) is 14.6. The van der Waals surface area contributed by atoms with Gasteiger partial charge in [0.05, 0.1) is 0 Å². The Kier molecular flexibility index (Phi) is 6.14. The van der Waals surface area contributed by atoms with Crippen LogP contribution in [0.4, 0.5) is 0 Å². The Labute approximate surface area is 181 Å². The van der Waals surface area contributed by atoms with Crippen molar-refractivity contribution in [3.8, 4) is 22.3 Å². The van der Waals surface area contributed by atoms with Gasteiger partial charge >= 0.3 is 0 Å². The minimum absolute atomic E-state index is 0.584. The van der Waals surface area contributed by atoms with Gasteiger partial charge in [-0.05, 0) is 64.6 Å². The van der Waals surface area contributed by atoms with Crippen molar-refractivity contribution < 1.29 is 0 Å². The molecule has 0 saturated carbocycles. The highest BCUT2D eigenvalue weighted by Crippen LogP contribution is 2.32. The minimum atomic E-state index is 0.584. The molecule has 1 atom stereocenters. The first-order valence-electron chi connectivity index (χ1n) is 11.0. The molecule has 0 aliphatic carbocycles. The van der Waals surface area contributed by atoms with Crippen molar-refractivity contribution in [2.24, 2.45) is 0 Å². The molecule has 150 valence electrons. The lowest BCUT2D eigenvalue weighted by Crippen LogP contribution is -1.95. The van der Waals surface area contributed by atoms with E-state index >= 15 is 0 Å². The van der Waals surface area contributed by atoms with Gasteiger partial charge in [0.2, 0.25) is 0 Å². The molecule has 0 amide bonds. The van der Waals surface area contributed by atoms with Crippen molar-refractivity contribution in [1.82, 2.24) is 0 Å². The van der Waals surface area contributed by atoms with Gasteiger partial charge in [-0.15, -0.1) is 0 Å². The maximum absolute atomic E-state index is 2.39. The summed E-state index contributed by atoms with van der Waals surface area (Å²) in [5.74, 6) is 0.584. The van der Waals surface area contributed by atoms with E-state index in [0.717, 1.165) is 12.8 Å². The highest BCUT2D eigenvalue weighted by atomic mass is 14.1. The van der Waals surface area contributed by atoms with Crippen LogP contribution in [0, 0.1) is 6.92 Å². The first kappa shape index (κ1) is 20.2. The van der Waals surface area contributed by atoms with Crippen LogP contribution in [0.25, 0.3) is 22.3 Å². The van der Waals surface area contributed by atoms with E-state index in [1.807, 2.05) is 0 Å². The van der Waals surface area contributed by atoms with Crippen molar-refractivity contribution in [3.63, 3.8) is 0 Å². The summed E-state index contributed by atoms with van der Waals surface area (Å²) in [6.45, 7) is 6.72. The molecule has 0 heterocycles. The van der Waals surface area contributed by atoms with Crippen LogP contribution in [0.5, 0.6) is 0 Å². The van der Waals surface area contributed by atoms with Crippen molar-refractivity contribution in [1.29, 1.82) is 0 Å². The van der Waals surface area contributed by atoms with Gasteiger partial charge in [-0.1, -0.05) is 116 Å². The van der Waals surface area contributed by atoms with E-state index in [1.165, 1.54) is 44.5 Å². The van der Waals surface area contributed by atoms with Crippen molar-refractivity contribution in [3.05, 3.63) is 119 Å². The molecule has 0 heteroatoms. The van der Waals surface area contributed by atoms with Crippen molar-refractivity contribution >= 4 is 0 Å². The summed E-state index contributed by atoms with van der Waals surface area (Å²) in [5, 5.41) is 0. The molecule has 0 radical (unpaired) electrons. The van der Waals surface area contributed by atoms with E-state index in [0.29, 0.717) is 5.92 Å². The average Bonchev–Trinajstić information content (AvgIpc) is 2.79. The molecular weight excluding hydrogens is 360 g/mol. The maximum Gasteiger partial charge on any atom is -0.00194 e. The Morgan fingerprint density at radius 1 is 0.667 bits per heavy atom. The zero-order chi connectivity index (χ0) is 20.9. The zero-order valence-electron chi connectivity index (χ0n) is 18.2. The minimum Gasteiger partial charge on any atom is -0.0648 e. The molecule has 0 aromatic heterocycles. The van der Waals surface area contributed by atoms with Gasteiger partial charge in [0.15, 0.2) is 0 Å².